The van der Waals surface area contributed by atoms with Crippen LogP contribution in [0.1, 0.15) is 19.4 Å². The molecule has 16 heavy (non-hydrogen) atoms. The molecule has 0 aliphatic heterocycles. The van der Waals surface area contributed by atoms with Gasteiger partial charge in [-0.1, -0.05) is 13.8 Å². The molecule has 0 saturated carbocycles. The van der Waals surface area contributed by atoms with Gasteiger partial charge in [0.15, 0.2) is 0 Å². The summed E-state index contributed by atoms with van der Waals surface area (Å²) in [6.07, 6.45) is 2.17. The molecule has 1 aromatic rings. The number of anilines is 1. The van der Waals surface area contributed by atoms with Gasteiger partial charge >= 0.3 is 0 Å². The smallest absolute Gasteiger partial charge is 0.123 e. The van der Waals surface area contributed by atoms with Gasteiger partial charge in [0, 0.05) is 19.7 Å². The van der Waals surface area contributed by atoms with Crippen LogP contribution in [0.2, 0.25) is 0 Å². The highest BCUT2D eigenvalue weighted by molar-refractivity contribution is 5.32. The Morgan fingerprint density at radius 1 is 1.56 bits per heavy atom. The summed E-state index contributed by atoms with van der Waals surface area (Å²) in [6, 6.07) is 3.64. The number of nitrogen functional groups attached to an aromatic ring is 1. The minimum atomic E-state index is -0.859. The summed E-state index contributed by atoms with van der Waals surface area (Å²) in [5.74, 6) is 0.586. The summed E-state index contributed by atoms with van der Waals surface area (Å²) in [6.45, 7) is 4.26. The first-order valence-corrected chi connectivity index (χ1v) is 5.39. The van der Waals surface area contributed by atoms with Crippen molar-refractivity contribution in [3.63, 3.8) is 0 Å². The van der Waals surface area contributed by atoms with Gasteiger partial charge in [-0.2, -0.15) is 0 Å². The fourth-order valence-electron chi connectivity index (χ4n) is 1.63. The van der Waals surface area contributed by atoms with E-state index in [2.05, 4.69) is 4.98 Å². The lowest BCUT2D eigenvalue weighted by atomic mass is 9.85. The van der Waals surface area contributed by atoms with E-state index in [1.165, 1.54) is 0 Å². The normalized spacial score (nSPS) is 15.1. The Kier molecular flexibility index (Phi) is 4.26. The fourth-order valence-corrected chi connectivity index (χ4v) is 1.63. The molecule has 4 heteroatoms. The molecule has 0 spiro atoms. The number of nitrogens with two attached hydrogens (primary N) is 1. The number of aromatic nitrogens is 1. The van der Waals surface area contributed by atoms with Crippen molar-refractivity contribution in [1.82, 2.24) is 4.98 Å². The number of ether oxygens (including phenoxy) is 1. The maximum atomic E-state index is 10.4. The molecular weight excluding hydrogens is 204 g/mol. The number of hydrogen-bond acceptors (Lipinski definition) is 4. The van der Waals surface area contributed by atoms with Gasteiger partial charge in [-0.05, 0) is 23.6 Å². The molecular formula is C12H20N2O2. The highest BCUT2D eigenvalue weighted by Gasteiger charge is 2.31. The molecule has 0 aliphatic rings. The number of nitrogens with zero attached hydrogens (tertiary/aromatic N) is 1. The van der Waals surface area contributed by atoms with Gasteiger partial charge in [-0.3, -0.25) is 0 Å². The highest BCUT2D eigenvalue weighted by Crippen LogP contribution is 2.23. The van der Waals surface area contributed by atoms with E-state index in [9.17, 15) is 5.11 Å². The lowest BCUT2D eigenvalue weighted by molar-refractivity contribution is -0.0637. The van der Waals surface area contributed by atoms with Gasteiger partial charge in [0.05, 0.1) is 12.2 Å². The van der Waals surface area contributed by atoms with Crippen LogP contribution >= 0.6 is 0 Å². The van der Waals surface area contributed by atoms with E-state index < -0.39 is 5.60 Å². The van der Waals surface area contributed by atoms with Crippen molar-refractivity contribution in [2.45, 2.75) is 25.9 Å². The zero-order valence-electron chi connectivity index (χ0n) is 10.1. The molecule has 1 unspecified atom stereocenters. The topological polar surface area (TPSA) is 68.4 Å². The summed E-state index contributed by atoms with van der Waals surface area (Å²) < 4.78 is 5.07. The second-order valence-electron chi connectivity index (χ2n) is 4.46. The maximum Gasteiger partial charge on any atom is 0.123 e. The van der Waals surface area contributed by atoms with Crippen LogP contribution in [-0.2, 0) is 11.2 Å². The van der Waals surface area contributed by atoms with E-state index in [0.29, 0.717) is 18.8 Å². The van der Waals surface area contributed by atoms with Gasteiger partial charge in [-0.15, -0.1) is 0 Å². The Bertz CT molecular complexity index is 342. The first kappa shape index (κ1) is 12.9. The molecule has 1 rings (SSSR count). The first-order chi connectivity index (χ1) is 7.48. The molecule has 0 radical (unpaired) electrons. The van der Waals surface area contributed by atoms with E-state index in [4.69, 9.17) is 10.5 Å². The molecule has 1 aromatic heterocycles. The van der Waals surface area contributed by atoms with Gasteiger partial charge in [0.2, 0.25) is 0 Å². The molecule has 0 amide bonds. The first-order valence-electron chi connectivity index (χ1n) is 5.39. The molecule has 90 valence electrons. The third-order valence-corrected chi connectivity index (χ3v) is 2.82. The molecule has 0 bridgehead atoms. The van der Waals surface area contributed by atoms with Gasteiger partial charge in [0.1, 0.15) is 5.82 Å². The van der Waals surface area contributed by atoms with E-state index in [0.717, 1.165) is 5.56 Å². The van der Waals surface area contributed by atoms with Crippen molar-refractivity contribution in [2.24, 2.45) is 5.92 Å². The quantitative estimate of drug-likeness (QED) is 0.789. The molecule has 3 N–H and O–H groups in total. The van der Waals surface area contributed by atoms with Gasteiger partial charge in [-0.25, -0.2) is 4.98 Å². The standard InChI is InChI=1S/C12H20N2O2/c1-9(2)12(15,8-16-3)7-10-4-5-14-11(13)6-10/h4-6,9,15H,7-8H2,1-3H3,(H2,13,14). The Balaban J connectivity index is 2.83. The van der Waals surface area contributed by atoms with Crippen LogP contribution in [-0.4, -0.2) is 29.4 Å². The van der Waals surface area contributed by atoms with Crippen molar-refractivity contribution in [3.05, 3.63) is 23.9 Å². The van der Waals surface area contributed by atoms with Gasteiger partial charge in [0.25, 0.3) is 0 Å². The van der Waals surface area contributed by atoms with E-state index in [-0.39, 0.29) is 5.92 Å². The number of rotatable bonds is 5. The summed E-state index contributed by atoms with van der Waals surface area (Å²) in [7, 11) is 1.59. The van der Waals surface area contributed by atoms with Crippen molar-refractivity contribution < 1.29 is 9.84 Å². The molecule has 4 nitrogen and oxygen atoms in total. The average Bonchev–Trinajstić information content (AvgIpc) is 2.17. The van der Waals surface area contributed by atoms with E-state index >= 15 is 0 Å². The molecule has 0 fully saturated rings. The highest BCUT2D eigenvalue weighted by atomic mass is 16.5. The Hall–Kier alpha value is -1.13. The number of hydrogen-bond donors (Lipinski definition) is 2. The summed E-state index contributed by atoms with van der Waals surface area (Å²) in [4.78, 5) is 3.93. The molecule has 1 heterocycles. The number of methoxy groups -OCH3 is 1. The fraction of sp³-hybridized carbons (Fsp3) is 0.583. The Morgan fingerprint density at radius 3 is 2.75 bits per heavy atom. The van der Waals surface area contributed by atoms with E-state index in [1.807, 2.05) is 19.9 Å². The van der Waals surface area contributed by atoms with Crippen molar-refractivity contribution >= 4 is 5.82 Å². The molecule has 0 aromatic carbocycles. The van der Waals surface area contributed by atoms with E-state index in [1.54, 1.807) is 19.4 Å². The minimum Gasteiger partial charge on any atom is -0.387 e. The molecule has 0 saturated heterocycles. The van der Waals surface area contributed by atoms with Crippen LogP contribution < -0.4 is 5.73 Å². The predicted octanol–water partition coefficient (Wildman–Crippen LogP) is 1.24. The SMILES string of the molecule is COCC(O)(Cc1ccnc(N)c1)C(C)C. The molecule has 1 atom stereocenters. The second-order valence-corrected chi connectivity index (χ2v) is 4.46. The van der Waals surface area contributed by atoms with Crippen LogP contribution in [0, 0.1) is 5.92 Å². The Labute approximate surface area is 96.5 Å². The van der Waals surface area contributed by atoms with Crippen molar-refractivity contribution in [2.75, 3.05) is 19.5 Å². The van der Waals surface area contributed by atoms with Crippen LogP contribution in [0.4, 0.5) is 5.82 Å². The van der Waals surface area contributed by atoms with Gasteiger partial charge < -0.3 is 15.6 Å². The van der Waals surface area contributed by atoms with Crippen LogP contribution in [0.25, 0.3) is 0 Å². The molecule has 0 aliphatic carbocycles. The minimum absolute atomic E-state index is 0.113. The second kappa shape index (κ2) is 5.27. The summed E-state index contributed by atoms with van der Waals surface area (Å²) in [5, 5.41) is 10.4. The monoisotopic (exact) mass is 224 g/mol. The predicted molar refractivity (Wildman–Crippen MR) is 64.0 cm³/mol. The zero-order valence-corrected chi connectivity index (χ0v) is 10.1. The van der Waals surface area contributed by atoms with Crippen molar-refractivity contribution in [1.29, 1.82) is 0 Å². The summed E-state index contributed by atoms with van der Waals surface area (Å²) >= 11 is 0. The zero-order chi connectivity index (χ0) is 12.2. The summed E-state index contributed by atoms with van der Waals surface area (Å²) in [5.41, 5.74) is 5.72. The Morgan fingerprint density at radius 2 is 2.25 bits per heavy atom. The van der Waals surface area contributed by atoms with Crippen molar-refractivity contribution in [3.8, 4) is 0 Å². The lowest BCUT2D eigenvalue weighted by Crippen LogP contribution is -2.42. The van der Waals surface area contributed by atoms with Crippen LogP contribution in [0.3, 0.4) is 0 Å². The lowest BCUT2D eigenvalue weighted by Gasteiger charge is -2.31. The van der Waals surface area contributed by atoms with Crippen LogP contribution in [0.15, 0.2) is 18.3 Å². The number of aliphatic hydroxyl groups is 1. The third-order valence-electron chi connectivity index (χ3n) is 2.82. The number of pyridine rings is 1. The average molecular weight is 224 g/mol. The maximum absolute atomic E-state index is 10.4. The largest absolute Gasteiger partial charge is 0.387 e. The van der Waals surface area contributed by atoms with Crippen LogP contribution in [0.5, 0.6) is 0 Å². The third kappa shape index (κ3) is 3.18.